The van der Waals surface area contributed by atoms with Crippen LogP contribution in [0.4, 0.5) is 5.69 Å². The van der Waals surface area contributed by atoms with Gasteiger partial charge in [0.1, 0.15) is 17.0 Å². The number of nitrogens with zero attached hydrogens (tertiary/aromatic N) is 1. The number of nitrogens with one attached hydrogen (secondary N) is 2. The Balaban J connectivity index is 1.49. The first kappa shape index (κ1) is 23.3. The molecule has 34 heavy (non-hydrogen) atoms. The SMILES string of the molecule is COc1c(C)cccc1C(=O)NC(=S)Nc1ccc(-c2nc3cc(C(C)C)ccc3o2)c(O)c1. The molecular formula is C26H25N3O4S. The minimum atomic E-state index is -0.397. The number of anilines is 1. The zero-order chi connectivity index (χ0) is 24.4. The van der Waals surface area contributed by atoms with Crippen LogP contribution in [-0.2, 0) is 0 Å². The summed E-state index contributed by atoms with van der Waals surface area (Å²) in [6.07, 6.45) is 0. The van der Waals surface area contributed by atoms with E-state index in [0.717, 1.165) is 16.6 Å². The molecule has 1 heterocycles. The molecule has 0 radical (unpaired) electrons. The Labute approximate surface area is 202 Å². The molecule has 4 aromatic rings. The third-order valence-corrected chi connectivity index (χ3v) is 5.66. The number of carbonyl (C=O) groups excluding carboxylic acids is 1. The number of oxazole rings is 1. The molecule has 0 saturated heterocycles. The van der Waals surface area contributed by atoms with Crippen molar-refractivity contribution >= 4 is 40.0 Å². The maximum atomic E-state index is 12.6. The highest BCUT2D eigenvalue weighted by Gasteiger charge is 2.17. The molecule has 8 heteroatoms. The first-order valence-electron chi connectivity index (χ1n) is 10.8. The van der Waals surface area contributed by atoms with Crippen LogP contribution in [0.1, 0.15) is 41.3 Å². The highest BCUT2D eigenvalue weighted by molar-refractivity contribution is 7.80. The second-order valence-corrected chi connectivity index (χ2v) is 8.61. The predicted octanol–water partition coefficient (Wildman–Crippen LogP) is 5.77. The van der Waals surface area contributed by atoms with E-state index in [1.165, 1.54) is 13.2 Å². The van der Waals surface area contributed by atoms with Gasteiger partial charge in [0.2, 0.25) is 5.89 Å². The average Bonchev–Trinajstić information content (AvgIpc) is 3.21. The number of thiocarbonyl (C=S) groups is 1. The van der Waals surface area contributed by atoms with Gasteiger partial charge in [0.25, 0.3) is 5.91 Å². The first-order chi connectivity index (χ1) is 16.3. The van der Waals surface area contributed by atoms with Crippen LogP contribution in [0.3, 0.4) is 0 Å². The number of methoxy groups -OCH3 is 1. The second-order valence-electron chi connectivity index (χ2n) is 8.20. The molecule has 0 aliphatic heterocycles. The summed E-state index contributed by atoms with van der Waals surface area (Å²) in [7, 11) is 1.51. The van der Waals surface area contributed by atoms with Crippen molar-refractivity contribution < 1.29 is 19.1 Å². The van der Waals surface area contributed by atoms with Gasteiger partial charge in [0, 0.05) is 11.8 Å². The number of aromatic nitrogens is 1. The van der Waals surface area contributed by atoms with Crippen molar-refractivity contribution in [2.45, 2.75) is 26.7 Å². The molecule has 174 valence electrons. The lowest BCUT2D eigenvalue weighted by atomic mass is 10.0. The standard InChI is InChI=1S/C26H25N3O4S/c1-14(2)16-8-11-22-20(12-16)28-25(33-22)18-10-9-17(13-21(18)30)27-26(34)29-24(31)19-7-5-6-15(3)23(19)32-4/h5-14,30H,1-4H3,(H2,27,29,31,34). The zero-order valence-electron chi connectivity index (χ0n) is 19.3. The second kappa shape index (κ2) is 9.52. The lowest BCUT2D eigenvalue weighted by Gasteiger charge is -2.13. The minimum absolute atomic E-state index is 0.0323. The van der Waals surface area contributed by atoms with Crippen LogP contribution < -0.4 is 15.4 Å². The van der Waals surface area contributed by atoms with Crippen LogP contribution in [0.15, 0.2) is 59.0 Å². The molecule has 0 bridgehead atoms. The number of phenolic OH excluding ortho intramolecular Hbond substituents is 1. The van der Waals surface area contributed by atoms with Crippen LogP contribution in [0, 0.1) is 6.92 Å². The van der Waals surface area contributed by atoms with E-state index in [0.29, 0.717) is 40.0 Å². The summed E-state index contributed by atoms with van der Waals surface area (Å²) in [6.45, 7) is 6.09. The van der Waals surface area contributed by atoms with E-state index in [1.807, 2.05) is 31.2 Å². The summed E-state index contributed by atoms with van der Waals surface area (Å²) >= 11 is 5.27. The smallest absolute Gasteiger partial charge is 0.261 e. The van der Waals surface area contributed by atoms with Gasteiger partial charge in [0.05, 0.1) is 18.2 Å². The Kier molecular flexibility index (Phi) is 6.51. The highest BCUT2D eigenvalue weighted by atomic mass is 32.1. The van der Waals surface area contributed by atoms with Crippen LogP contribution in [0.2, 0.25) is 0 Å². The fraction of sp³-hybridized carbons (Fsp3) is 0.192. The number of benzene rings is 3. The Morgan fingerprint density at radius 1 is 1.15 bits per heavy atom. The van der Waals surface area contributed by atoms with Crippen molar-refractivity contribution in [3.05, 3.63) is 71.3 Å². The van der Waals surface area contributed by atoms with Crippen LogP contribution >= 0.6 is 12.2 Å². The number of fused-ring (bicyclic) bond motifs is 1. The third-order valence-electron chi connectivity index (χ3n) is 5.45. The molecule has 0 atom stereocenters. The number of phenols is 1. The fourth-order valence-corrected chi connectivity index (χ4v) is 3.85. The number of carbonyl (C=O) groups is 1. The summed E-state index contributed by atoms with van der Waals surface area (Å²) in [5, 5.41) is 16.2. The molecule has 1 aromatic heterocycles. The monoisotopic (exact) mass is 475 g/mol. The summed E-state index contributed by atoms with van der Waals surface area (Å²) in [6, 6.07) is 16.1. The van der Waals surface area contributed by atoms with E-state index in [9.17, 15) is 9.90 Å². The van der Waals surface area contributed by atoms with Gasteiger partial charge in [-0.1, -0.05) is 32.0 Å². The Morgan fingerprint density at radius 2 is 1.94 bits per heavy atom. The molecule has 3 aromatic carbocycles. The van der Waals surface area contributed by atoms with Crippen molar-refractivity contribution in [1.29, 1.82) is 0 Å². The molecule has 0 aliphatic carbocycles. The minimum Gasteiger partial charge on any atom is -0.507 e. The largest absolute Gasteiger partial charge is 0.507 e. The van der Waals surface area contributed by atoms with Crippen molar-refractivity contribution in [2.75, 3.05) is 12.4 Å². The molecule has 1 amide bonds. The molecule has 0 saturated carbocycles. The van der Waals surface area contributed by atoms with Gasteiger partial charge >= 0.3 is 0 Å². The van der Waals surface area contributed by atoms with E-state index >= 15 is 0 Å². The fourth-order valence-electron chi connectivity index (χ4n) is 3.64. The number of hydrogen-bond donors (Lipinski definition) is 3. The predicted molar refractivity (Wildman–Crippen MR) is 137 cm³/mol. The lowest BCUT2D eigenvalue weighted by molar-refractivity contribution is 0.0974. The summed E-state index contributed by atoms with van der Waals surface area (Å²) in [5.41, 5.74) is 4.72. The molecule has 0 fully saturated rings. The van der Waals surface area contributed by atoms with E-state index in [2.05, 4.69) is 29.5 Å². The lowest BCUT2D eigenvalue weighted by Crippen LogP contribution is -2.34. The Bertz CT molecular complexity index is 1390. The Morgan fingerprint density at radius 3 is 2.65 bits per heavy atom. The van der Waals surface area contributed by atoms with Crippen LogP contribution in [0.5, 0.6) is 11.5 Å². The number of hydrogen-bond acceptors (Lipinski definition) is 6. The normalized spacial score (nSPS) is 11.0. The quantitative estimate of drug-likeness (QED) is 0.315. The van der Waals surface area contributed by atoms with Crippen molar-refractivity contribution in [3.63, 3.8) is 0 Å². The van der Waals surface area contributed by atoms with E-state index in [1.54, 1.807) is 24.3 Å². The van der Waals surface area contributed by atoms with Crippen LogP contribution in [-0.4, -0.2) is 28.2 Å². The maximum absolute atomic E-state index is 12.6. The number of ether oxygens (including phenoxy) is 1. The molecule has 7 nitrogen and oxygen atoms in total. The van der Waals surface area contributed by atoms with E-state index < -0.39 is 5.91 Å². The van der Waals surface area contributed by atoms with Crippen molar-refractivity contribution in [3.8, 4) is 23.0 Å². The molecule has 0 spiro atoms. The van der Waals surface area contributed by atoms with Crippen molar-refractivity contribution in [1.82, 2.24) is 10.3 Å². The topological polar surface area (TPSA) is 96.6 Å². The number of aryl methyl sites for hydroxylation is 1. The van der Waals surface area contributed by atoms with Gasteiger partial charge in [-0.3, -0.25) is 10.1 Å². The molecular weight excluding hydrogens is 450 g/mol. The van der Waals surface area contributed by atoms with Gasteiger partial charge in [-0.05, 0) is 66.5 Å². The van der Waals surface area contributed by atoms with Gasteiger partial charge < -0.3 is 19.6 Å². The number of amides is 1. The molecule has 0 aliphatic rings. The maximum Gasteiger partial charge on any atom is 0.261 e. The summed E-state index contributed by atoms with van der Waals surface area (Å²) < 4.78 is 11.2. The highest BCUT2D eigenvalue weighted by Crippen LogP contribution is 2.34. The van der Waals surface area contributed by atoms with Gasteiger partial charge in [-0.25, -0.2) is 4.98 Å². The Hall–Kier alpha value is -3.91. The van der Waals surface area contributed by atoms with Crippen molar-refractivity contribution in [2.24, 2.45) is 0 Å². The van der Waals surface area contributed by atoms with Gasteiger partial charge in [-0.15, -0.1) is 0 Å². The van der Waals surface area contributed by atoms with E-state index in [-0.39, 0.29) is 10.9 Å². The number of aromatic hydroxyl groups is 1. The third kappa shape index (κ3) is 4.72. The molecule has 4 rings (SSSR count). The van der Waals surface area contributed by atoms with Gasteiger partial charge in [-0.2, -0.15) is 0 Å². The van der Waals surface area contributed by atoms with Gasteiger partial charge in [0.15, 0.2) is 10.7 Å². The average molecular weight is 476 g/mol. The molecule has 0 unspecified atom stereocenters. The first-order valence-corrected chi connectivity index (χ1v) is 11.2. The number of para-hydroxylation sites is 1. The summed E-state index contributed by atoms with van der Waals surface area (Å²) in [5.74, 6) is 0.756. The van der Waals surface area contributed by atoms with Crippen LogP contribution in [0.25, 0.3) is 22.6 Å². The van der Waals surface area contributed by atoms with E-state index in [4.69, 9.17) is 21.4 Å². The molecule has 3 N–H and O–H groups in total. The number of rotatable bonds is 5. The summed E-state index contributed by atoms with van der Waals surface area (Å²) in [4.78, 5) is 17.2. The zero-order valence-corrected chi connectivity index (χ0v) is 20.1.